The molecule has 0 saturated carbocycles. The van der Waals surface area contributed by atoms with E-state index in [1.165, 1.54) is 5.69 Å². The third kappa shape index (κ3) is 8.12. The van der Waals surface area contributed by atoms with Crippen molar-refractivity contribution in [1.82, 2.24) is 20.4 Å². The predicted octanol–water partition coefficient (Wildman–Crippen LogP) is 3.67. The fraction of sp³-hybridized carbons (Fsp3) is 0.524. The van der Waals surface area contributed by atoms with Crippen molar-refractivity contribution in [2.45, 2.75) is 47.2 Å². The van der Waals surface area contributed by atoms with Gasteiger partial charge in [0.25, 0.3) is 0 Å². The van der Waals surface area contributed by atoms with E-state index in [0.717, 1.165) is 54.8 Å². The van der Waals surface area contributed by atoms with Crippen LogP contribution in [0.5, 0.6) is 11.5 Å². The Bertz CT molecular complexity index is 776. The number of halogens is 1. The van der Waals surface area contributed by atoms with Gasteiger partial charge in [-0.25, -0.2) is 4.99 Å². The molecular formula is C21H34IN5O2. The standard InChI is InChI=1S/C21H33N5O2.HI/c1-6-22-21(23-11-8-12-26-17(4)13-16(3)25-26)24-15-18-9-10-19(28-7-2)20(14-18)27-5;/h9-10,13-14H,6-8,11-12,15H2,1-5H3,(H2,22,23,24);1H. The highest BCUT2D eigenvalue weighted by molar-refractivity contribution is 14.0. The second-order valence-corrected chi connectivity index (χ2v) is 6.54. The topological polar surface area (TPSA) is 72.7 Å². The minimum absolute atomic E-state index is 0. The molecule has 0 spiro atoms. The Hall–Kier alpha value is -1.97. The van der Waals surface area contributed by atoms with Crippen molar-refractivity contribution in [2.75, 3.05) is 26.8 Å². The van der Waals surface area contributed by atoms with Gasteiger partial charge in [-0.2, -0.15) is 5.10 Å². The minimum Gasteiger partial charge on any atom is -0.493 e. The molecule has 2 aromatic rings. The summed E-state index contributed by atoms with van der Waals surface area (Å²) in [6.07, 6.45) is 0.975. The van der Waals surface area contributed by atoms with E-state index in [9.17, 15) is 0 Å². The Balaban J connectivity index is 0.00000420. The molecule has 0 unspecified atom stereocenters. The van der Waals surface area contributed by atoms with Crippen molar-refractivity contribution in [3.63, 3.8) is 0 Å². The van der Waals surface area contributed by atoms with Crippen LogP contribution in [0.15, 0.2) is 29.3 Å². The summed E-state index contributed by atoms with van der Waals surface area (Å²) in [6, 6.07) is 8.02. The van der Waals surface area contributed by atoms with Gasteiger partial charge in [0.2, 0.25) is 0 Å². The maximum atomic E-state index is 5.57. The zero-order valence-electron chi connectivity index (χ0n) is 18.1. The average Bonchev–Trinajstić information content (AvgIpc) is 3.01. The summed E-state index contributed by atoms with van der Waals surface area (Å²) in [6.45, 7) is 11.8. The minimum atomic E-state index is 0. The summed E-state index contributed by atoms with van der Waals surface area (Å²) in [4.78, 5) is 4.68. The van der Waals surface area contributed by atoms with Gasteiger partial charge < -0.3 is 20.1 Å². The molecule has 1 aromatic heterocycles. The Kier molecular flexibility index (Phi) is 11.5. The maximum absolute atomic E-state index is 5.57. The molecule has 0 fully saturated rings. The van der Waals surface area contributed by atoms with E-state index in [4.69, 9.17) is 9.47 Å². The lowest BCUT2D eigenvalue weighted by Crippen LogP contribution is -2.38. The number of aromatic nitrogens is 2. The largest absolute Gasteiger partial charge is 0.493 e. The molecule has 0 radical (unpaired) electrons. The number of guanidine groups is 1. The van der Waals surface area contributed by atoms with E-state index < -0.39 is 0 Å². The van der Waals surface area contributed by atoms with Gasteiger partial charge in [-0.3, -0.25) is 4.68 Å². The van der Waals surface area contributed by atoms with Crippen LogP contribution in [-0.2, 0) is 13.1 Å². The molecular weight excluding hydrogens is 481 g/mol. The number of methoxy groups -OCH3 is 1. The van der Waals surface area contributed by atoms with Crippen LogP contribution in [0, 0.1) is 13.8 Å². The summed E-state index contributed by atoms with van der Waals surface area (Å²) >= 11 is 0. The number of hydrogen-bond acceptors (Lipinski definition) is 4. The number of benzene rings is 1. The van der Waals surface area contributed by atoms with Crippen molar-refractivity contribution < 1.29 is 9.47 Å². The van der Waals surface area contributed by atoms with Gasteiger partial charge in [-0.05, 0) is 57.9 Å². The van der Waals surface area contributed by atoms with Crippen molar-refractivity contribution in [3.8, 4) is 11.5 Å². The molecule has 1 aromatic carbocycles. The number of ether oxygens (including phenoxy) is 2. The summed E-state index contributed by atoms with van der Waals surface area (Å²) in [5.74, 6) is 2.30. The van der Waals surface area contributed by atoms with Crippen LogP contribution in [0.4, 0.5) is 0 Å². The fourth-order valence-electron chi connectivity index (χ4n) is 2.93. The number of hydrogen-bond donors (Lipinski definition) is 2. The van der Waals surface area contributed by atoms with Crippen LogP contribution >= 0.6 is 24.0 Å². The third-order valence-electron chi connectivity index (χ3n) is 4.23. The van der Waals surface area contributed by atoms with Gasteiger partial charge in [0.15, 0.2) is 17.5 Å². The predicted molar refractivity (Wildman–Crippen MR) is 129 cm³/mol. The van der Waals surface area contributed by atoms with Crippen molar-refractivity contribution in [3.05, 3.63) is 41.2 Å². The summed E-state index contributed by atoms with van der Waals surface area (Å²) in [5, 5.41) is 11.2. The quantitative estimate of drug-likeness (QED) is 0.219. The second-order valence-electron chi connectivity index (χ2n) is 6.54. The first-order valence-electron chi connectivity index (χ1n) is 9.90. The van der Waals surface area contributed by atoms with Crippen molar-refractivity contribution >= 4 is 29.9 Å². The zero-order chi connectivity index (χ0) is 20.4. The average molecular weight is 515 g/mol. The number of aliphatic imine (C=N–C) groups is 1. The highest BCUT2D eigenvalue weighted by atomic mass is 127. The number of aryl methyl sites for hydroxylation is 3. The molecule has 8 heteroatoms. The molecule has 0 amide bonds. The molecule has 7 nitrogen and oxygen atoms in total. The van der Waals surface area contributed by atoms with E-state index in [1.54, 1.807) is 7.11 Å². The van der Waals surface area contributed by atoms with Crippen LogP contribution in [-0.4, -0.2) is 42.5 Å². The summed E-state index contributed by atoms with van der Waals surface area (Å²) < 4.78 is 13.0. The SMILES string of the molecule is CCNC(=NCc1ccc(OCC)c(OC)c1)NCCCn1nc(C)cc1C.I. The molecule has 0 aliphatic carbocycles. The van der Waals surface area contributed by atoms with Crippen LogP contribution in [0.3, 0.4) is 0 Å². The Morgan fingerprint density at radius 3 is 2.55 bits per heavy atom. The molecule has 0 bridgehead atoms. The monoisotopic (exact) mass is 515 g/mol. The Morgan fingerprint density at radius 1 is 1.14 bits per heavy atom. The highest BCUT2D eigenvalue weighted by Gasteiger charge is 2.06. The smallest absolute Gasteiger partial charge is 0.191 e. The summed E-state index contributed by atoms with van der Waals surface area (Å²) in [5.41, 5.74) is 3.33. The lowest BCUT2D eigenvalue weighted by molar-refractivity contribution is 0.310. The highest BCUT2D eigenvalue weighted by Crippen LogP contribution is 2.28. The van der Waals surface area contributed by atoms with Gasteiger partial charge in [-0.15, -0.1) is 24.0 Å². The third-order valence-corrected chi connectivity index (χ3v) is 4.23. The molecule has 2 rings (SSSR count). The summed E-state index contributed by atoms with van der Waals surface area (Å²) in [7, 11) is 1.65. The van der Waals surface area contributed by atoms with E-state index in [2.05, 4.69) is 40.6 Å². The lowest BCUT2D eigenvalue weighted by atomic mass is 10.2. The van der Waals surface area contributed by atoms with Crippen LogP contribution in [0.25, 0.3) is 0 Å². The van der Waals surface area contributed by atoms with Crippen LogP contribution in [0.2, 0.25) is 0 Å². The van der Waals surface area contributed by atoms with Crippen LogP contribution < -0.4 is 20.1 Å². The van der Waals surface area contributed by atoms with Gasteiger partial charge >= 0.3 is 0 Å². The van der Waals surface area contributed by atoms with Gasteiger partial charge in [0.1, 0.15) is 0 Å². The van der Waals surface area contributed by atoms with Crippen molar-refractivity contribution in [1.29, 1.82) is 0 Å². The first-order valence-corrected chi connectivity index (χ1v) is 9.90. The Morgan fingerprint density at radius 2 is 1.93 bits per heavy atom. The molecule has 0 atom stereocenters. The van der Waals surface area contributed by atoms with E-state index in [1.807, 2.05) is 36.7 Å². The molecule has 29 heavy (non-hydrogen) atoms. The first-order chi connectivity index (χ1) is 13.6. The fourth-order valence-corrected chi connectivity index (χ4v) is 2.93. The first kappa shape index (κ1) is 25.1. The Labute approximate surface area is 191 Å². The number of nitrogens with zero attached hydrogens (tertiary/aromatic N) is 3. The molecule has 2 N–H and O–H groups in total. The van der Waals surface area contributed by atoms with E-state index in [0.29, 0.717) is 13.2 Å². The molecule has 0 aliphatic heterocycles. The van der Waals surface area contributed by atoms with E-state index >= 15 is 0 Å². The molecule has 0 aliphatic rings. The lowest BCUT2D eigenvalue weighted by Gasteiger charge is -2.13. The van der Waals surface area contributed by atoms with Gasteiger partial charge in [0, 0.05) is 25.3 Å². The van der Waals surface area contributed by atoms with Gasteiger partial charge in [0.05, 0.1) is 26.0 Å². The van der Waals surface area contributed by atoms with Gasteiger partial charge in [-0.1, -0.05) is 6.07 Å². The second kappa shape index (κ2) is 13.3. The normalized spacial score (nSPS) is 11.0. The molecule has 0 saturated heterocycles. The van der Waals surface area contributed by atoms with E-state index in [-0.39, 0.29) is 24.0 Å². The molecule has 162 valence electrons. The van der Waals surface area contributed by atoms with Crippen molar-refractivity contribution in [2.24, 2.45) is 4.99 Å². The number of rotatable bonds is 10. The molecule has 1 heterocycles. The maximum Gasteiger partial charge on any atom is 0.191 e. The number of nitrogens with one attached hydrogen (secondary N) is 2. The zero-order valence-corrected chi connectivity index (χ0v) is 20.4. The van der Waals surface area contributed by atoms with Crippen LogP contribution in [0.1, 0.15) is 37.2 Å².